The Labute approximate surface area is 111 Å². The van der Waals surface area contributed by atoms with Gasteiger partial charge in [-0.1, -0.05) is 0 Å². The Kier molecular flexibility index (Phi) is 5.92. The van der Waals surface area contributed by atoms with Crippen LogP contribution in [0.4, 0.5) is 0 Å². The van der Waals surface area contributed by atoms with Crippen molar-refractivity contribution in [3.63, 3.8) is 0 Å². The average Bonchev–Trinajstić information content (AvgIpc) is 2.20. The maximum Gasteiger partial charge on any atom is 0.378 e. The fraction of sp³-hybridized carbons (Fsp3) is 0.833. The highest BCUT2D eigenvalue weighted by molar-refractivity contribution is 7.58. The normalized spacial score (nSPS) is 14.6. The molecule has 0 unspecified atom stereocenters. The van der Waals surface area contributed by atoms with E-state index in [1.807, 2.05) is 41.5 Å². The Balaban J connectivity index is 5.25. The van der Waals surface area contributed by atoms with Gasteiger partial charge in [0.15, 0.2) is 0 Å². The molecule has 2 N–H and O–H groups in total. The van der Waals surface area contributed by atoms with Gasteiger partial charge < -0.3 is 19.7 Å². The Morgan fingerprint density at radius 2 is 1.44 bits per heavy atom. The molecule has 0 aromatic carbocycles. The monoisotopic (exact) mass is 278 g/mol. The third-order valence-electron chi connectivity index (χ3n) is 1.92. The van der Waals surface area contributed by atoms with Crippen molar-refractivity contribution in [2.75, 3.05) is 14.2 Å². The first kappa shape index (κ1) is 17.5. The SMILES string of the molecule is COP(=O)(OC)/C(=C\NC(C)(C)C)NC(C)(C)C. The van der Waals surface area contributed by atoms with E-state index < -0.39 is 7.60 Å². The molecule has 0 spiro atoms. The zero-order valence-electron chi connectivity index (χ0n) is 12.7. The molecule has 0 heterocycles. The Morgan fingerprint density at radius 3 is 1.72 bits per heavy atom. The van der Waals surface area contributed by atoms with Crippen molar-refractivity contribution < 1.29 is 13.6 Å². The highest BCUT2D eigenvalue weighted by atomic mass is 31.2. The van der Waals surface area contributed by atoms with E-state index in [1.165, 1.54) is 14.2 Å². The van der Waals surface area contributed by atoms with Crippen LogP contribution in [-0.4, -0.2) is 25.3 Å². The number of hydrogen-bond acceptors (Lipinski definition) is 5. The summed E-state index contributed by atoms with van der Waals surface area (Å²) in [5.74, 6) is 0. The molecule has 0 rings (SSSR count). The number of rotatable bonds is 5. The van der Waals surface area contributed by atoms with Crippen molar-refractivity contribution >= 4 is 7.60 Å². The van der Waals surface area contributed by atoms with Crippen molar-refractivity contribution in [1.29, 1.82) is 0 Å². The van der Waals surface area contributed by atoms with Crippen molar-refractivity contribution in [2.45, 2.75) is 52.6 Å². The second kappa shape index (κ2) is 6.09. The summed E-state index contributed by atoms with van der Waals surface area (Å²) in [7, 11) is -0.537. The second-order valence-electron chi connectivity index (χ2n) is 6.16. The third-order valence-corrected chi connectivity index (χ3v) is 3.71. The van der Waals surface area contributed by atoms with Gasteiger partial charge in [0, 0.05) is 31.5 Å². The molecule has 0 aliphatic rings. The van der Waals surface area contributed by atoms with Gasteiger partial charge >= 0.3 is 7.60 Å². The van der Waals surface area contributed by atoms with Gasteiger partial charge in [-0.2, -0.15) is 0 Å². The van der Waals surface area contributed by atoms with Gasteiger partial charge in [0.25, 0.3) is 0 Å². The van der Waals surface area contributed by atoms with Gasteiger partial charge in [-0.3, -0.25) is 4.57 Å². The molecule has 6 heteroatoms. The predicted octanol–water partition coefficient (Wildman–Crippen LogP) is 3.05. The molecule has 0 saturated heterocycles. The lowest BCUT2D eigenvalue weighted by Crippen LogP contribution is -2.38. The van der Waals surface area contributed by atoms with Gasteiger partial charge in [-0.05, 0) is 41.5 Å². The topological polar surface area (TPSA) is 59.6 Å². The Hall–Kier alpha value is -0.510. The fourth-order valence-corrected chi connectivity index (χ4v) is 2.36. The van der Waals surface area contributed by atoms with Crippen molar-refractivity contribution in [3.05, 3.63) is 11.6 Å². The molecule has 5 nitrogen and oxygen atoms in total. The Morgan fingerprint density at radius 1 is 1.00 bits per heavy atom. The molecule has 0 amide bonds. The molecule has 18 heavy (non-hydrogen) atoms. The lowest BCUT2D eigenvalue weighted by atomic mass is 10.1. The molecule has 0 bridgehead atoms. The molecule has 0 radical (unpaired) electrons. The highest BCUT2D eigenvalue weighted by Crippen LogP contribution is 2.53. The van der Waals surface area contributed by atoms with Crippen LogP contribution in [0.25, 0.3) is 0 Å². The van der Waals surface area contributed by atoms with Crippen molar-refractivity contribution in [1.82, 2.24) is 10.6 Å². The first-order chi connectivity index (χ1) is 7.93. The summed E-state index contributed by atoms with van der Waals surface area (Å²) >= 11 is 0. The van der Waals surface area contributed by atoms with Crippen LogP contribution >= 0.6 is 7.60 Å². The number of hydrogen-bond donors (Lipinski definition) is 2. The second-order valence-corrected chi connectivity index (χ2v) is 8.37. The predicted molar refractivity (Wildman–Crippen MR) is 75.5 cm³/mol. The summed E-state index contributed by atoms with van der Waals surface area (Å²) in [4.78, 5) is 0. The van der Waals surface area contributed by atoms with Gasteiger partial charge in [0.2, 0.25) is 0 Å². The Bertz CT molecular complexity index is 332. The maximum atomic E-state index is 12.4. The molecular formula is C12H27N2O3P. The van der Waals surface area contributed by atoms with Gasteiger partial charge in [0.05, 0.1) is 0 Å². The van der Waals surface area contributed by atoms with E-state index in [4.69, 9.17) is 9.05 Å². The molecule has 0 aliphatic heterocycles. The average molecular weight is 278 g/mol. The summed E-state index contributed by atoms with van der Waals surface area (Å²) in [5.41, 5.74) is 0.0600. The van der Waals surface area contributed by atoms with E-state index in [1.54, 1.807) is 6.20 Å². The quantitative estimate of drug-likeness (QED) is 0.757. The van der Waals surface area contributed by atoms with Crippen LogP contribution in [0.3, 0.4) is 0 Å². The summed E-state index contributed by atoms with van der Waals surface area (Å²) in [6.07, 6.45) is 1.67. The van der Waals surface area contributed by atoms with Gasteiger partial charge in [-0.25, -0.2) is 0 Å². The molecule has 0 aromatic rings. The number of nitrogens with one attached hydrogen (secondary N) is 2. The van der Waals surface area contributed by atoms with Crippen molar-refractivity contribution in [2.24, 2.45) is 0 Å². The summed E-state index contributed by atoms with van der Waals surface area (Å²) in [6, 6.07) is 0. The van der Waals surface area contributed by atoms with Crippen LogP contribution < -0.4 is 10.6 Å². The van der Waals surface area contributed by atoms with E-state index in [2.05, 4.69) is 10.6 Å². The first-order valence-electron chi connectivity index (χ1n) is 5.92. The van der Waals surface area contributed by atoms with Crippen LogP contribution in [0.1, 0.15) is 41.5 Å². The van der Waals surface area contributed by atoms with Crippen LogP contribution in [-0.2, 0) is 13.6 Å². The van der Waals surface area contributed by atoms with Gasteiger partial charge in [0.1, 0.15) is 5.44 Å². The minimum Gasteiger partial charge on any atom is -0.384 e. The lowest BCUT2D eigenvalue weighted by Gasteiger charge is -2.29. The van der Waals surface area contributed by atoms with E-state index >= 15 is 0 Å². The standard InChI is InChI=1S/C12H27N2O3P/c1-11(2,3)13-9-10(14-12(4,5)6)18(15,16-7)17-8/h9,13-14H,1-8H3/b10-9-. The minimum atomic E-state index is -3.29. The van der Waals surface area contributed by atoms with E-state index in [0.717, 1.165) is 0 Å². The summed E-state index contributed by atoms with van der Waals surface area (Å²) in [5, 5.41) is 6.32. The smallest absolute Gasteiger partial charge is 0.378 e. The molecular weight excluding hydrogens is 251 g/mol. The molecule has 0 aromatic heterocycles. The molecule has 0 fully saturated rings. The summed E-state index contributed by atoms with van der Waals surface area (Å²) < 4.78 is 22.5. The molecule has 108 valence electrons. The van der Waals surface area contributed by atoms with Crippen LogP contribution in [0.5, 0.6) is 0 Å². The largest absolute Gasteiger partial charge is 0.384 e. The van der Waals surface area contributed by atoms with E-state index in [9.17, 15) is 4.57 Å². The van der Waals surface area contributed by atoms with E-state index in [0.29, 0.717) is 5.44 Å². The van der Waals surface area contributed by atoms with Crippen LogP contribution in [0.15, 0.2) is 11.6 Å². The highest BCUT2D eigenvalue weighted by Gasteiger charge is 2.31. The third kappa shape index (κ3) is 6.43. The maximum absolute atomic E-state index is 12.4. The van der Waals surface area contributed by atoms with Crippen molar-refractivity contribution in [3.8, 4) is 0 Å². The summed E-state index contributed by atoms with van der Waals surface area (Å²) in [6.45, 7) is 12.0. The molecule has 0 aliphatic carbocycles. The van der Waals surface area contributed by atoms with Gasteiger partial charge in [-0.15, -0.1) is 0 Å². The zero-order chi connectivity index (χ0) is 14.6. The first-order valence-corrected chi connectivity index (χ1v) is 7.46. The minimum absolute atomic E-state index is 0.128. The zero-order valence-corrected chi connectivity index (χ0v) is 13.6. The van der Waals surface area contributed by atoms with E-state index in [-0.39, 0.29) is 11.1 Å². The molecule has 0 atom stereocenters. The van der Waals surface area contributed by atoms with Crippen LogP contribution in [0.2, 0.25) is 0 Å². The lowest BCUT2D eigenvalue weighted by molar-refractivity contribution is 0.277. The fourth-order valence-electron chi connectivity index (χ4n) is 1.12. The van der Waals surface area contributed by atoms with Crippen LogP contribution in [0, 0.1) is 0 Å². The molecule has 0 saturated carbocycles.